The van der Waals surface area contributed by atoms with E-state index in [0.717, 1.165) is 5.56 Å². The maximum absolute atomic E-state index is 11.1. The normalized spacial score (nSPS) is 9.36. The van der Waals surface area contributed by atoms with Crippen LogP contribution in [0.25, 0.3) is 6.08 Å². The van der Waals surface area contributed by atoms with Crippen LogP contribution in [0.2, 0.25) is 0 Å². The SMILES string of the molecule is C=Cc1ccc(O)c(OC)c1.COCC(=O)c1ccccc1. The zero-order chi connectivity index (χ0) is 16.4. The topological polar surface area (TPSA) is 55.8 Å². The van der Waals surface area contributed by atoms with Crippen LogP contribution in [0.1, 0.15) is 15.9 Å². The van der Waals surface area contributed by atoms with Gasteiger partial charge < -0.3 is 14.6 Å². The Kier molecular flexibility index (Phi) is 7.43. The number of ether oxygens (including phenoxy) is 2. The van der Waals surface area contributed by atoms with Crippen molar-refractivity contribution in [1.29, 1.82) is 0 Å². The van der Waals surface area contributed by atoms with Crippen LogP contribution in [0.15, 0.2) is 55.1 Å². The van der Waals surface area contributed by atoms with E-state index in [2.05, 4.69) is 6.58 Å². The molecule has 0 unspecified atom stereocenters. The zero-order valence-corrected chi connectivity index (χ0v) is 12.8. The zero-order valence-electron chi connectivity index (χ0n) is 12.8. The molecule has 0 atom stereocenters. The summed E-state index contributed by atoms with van der Waals surface area (Å²) >= 11 is 0. The minimum Gasteiger partial charge on any atom is -0.504 e. The first-order chi connectivity index (χ1) is 10.6. The molecule has 0 spiro atoms. The van der Waals surface area contributed by atoms with Crippen LogP contribution in [-0.2, 0) is 4.74 Å². The number of rotatable bonds is 5. The fraction of sp³-hybridized carbons (Fsp3) is 0.167. The Morgan fingerprint density at radius 3 is 2.41 bits per heavy atom. The van der Waals surface area contributed by atoms with Gasteiger partial charge in [-0.25, -0.2) is 0 Å². The third-order valence-electron chi connectivity index (χ3n) is 2.81. The number of hydrogen-bond acceptors (Lipinski definition) is 4. The van der Waals surface area contributed by atoms with E-state index in [1.54, 1.807) is 36.4 Å². The monoisotopic (exact) mass is 300 g/mol. The average molecular weight is 300 g/mol. The fourth-order valence-corrected chi connectivity index (χ4v) is 1.66. The van der Waals surface area contributed by atoms with Crippen molar-refractivity contribution < 1.29 is 19.4 Å². The molecule has 2 rings (SSSR count). The second-order valence-electron chi connectivity index (χ2n) is 4.36. The van der Waals surface area contributed by atoms with E-state index in [4.69, 9.17) is 9.47 Å². The van der Waals surface area contributed by atoms with Crippen LogP contribution < -0.4 is 4.74 Å². The molecule has 2 aromatic rings. The first kappa shape index (κ1) is 17.5. The molecular formula is C18H20O4. The summed E-state index contributed by atoms with van der Waals surface area (Å²) < 4.78 is 9.60. The molecule has 0 aliphatic carbocycles. The van der Waals surface area contributed by atoms with Crippen LogP contribution in [0, 0.1) is 0 Å². The van der Waals surface area contributed by atoms with E-state index >= 15 is 0 Å². The van der Waals surface area contributed by atoms with Crippen LogP contribution in [0.3, 0.4) is 0 Å². The number of ketones is 1. The lowest BCUT2D eigenvalue weighted by Crippen LogP contribution is -2.06. The molecule has 0 aliphatic rings. The Bertz CT molecular complexity index is 606. The molecule has 0 saturated heterocycles. The lowest BCUT2D eigenvalue weighted by atomic mass is 10.1. The van der Waals surface area contributed by atoms with E-state index in [-0.39, 0.29) is 18.1 Å². The van der Waals surface area contributed by atoms with Gasteiger partial charge in [0.15, 0.2) is 17.3 Å². The molecule has 2 aromatic carbocycles. The minimum atomic E-state index is 0.0214. The van der Waals surface area contributed by atoms with Gasteiger partial charge in [0.05, 0.1) is 7.11 Å². The summed E-state index contributed by atoms with van der Waals surface area (Å²) in [6, 6.07) is 14.2. The summed E-state index contributed by atoms with van der Waals surface area (Å²) in [6.45, 7) is 3.76. The van der Waals surface area contributed by atoms with Crippen LogP contribution >= 0.6 is 0 Å². The molecule has 0 bridgehead atoms. The maximum atomic E-state index is 11.1. The van der Waals surface area contributed by atoms with Gasteiger partial charge >= 0.3 is 0 Å². The Balaban J connectivity index is 0.000000220. The number of phenols is 1. The molecule has 0 amide bonds. The summed E-state index contributed by atoms with van der Waals surface area (Å²) in [5.41, 5.74) is 1.63. The van der Waals surface area contributed by atoms with Crippen molar-refractivity contribution >= 4 is 11.9 Å². The summed E-state index contributed by atoms with van der Waals surface area (Å²) in [5, 5.41) is 9.17. The highest BCUT2D eigenvalue weighted by atomic mass is 16.5. The summed E-state index contributed by atoms with van der Waals surface area (Å²) in [7, 11) is 3.03. The van der Waals surface area contributed by atoms with Gasteiger partial charge in [-0.3, -0.25) is 4.79 Å². The number of carbonyl (C=O) groups excluding carboxylic acids is 1. The highest BCUT2D eigenvalue weighted by molar-refractivity contribution is 5.96. The van der Waals surface area contributed by atoms with Gasteiger partial charge in [0.25, 0.3) is 0 Å². The number of methoxy groups -OCH3 is 2. The van der Waals surface area contributed by atoms with Gasteiger partial charge in [-0.2, -0.15) is 0 Å². The molecule has 4 nitrogen and oxygen atoms in total. The van der Waals surface area contributed by atoms with Gasteiger partial charge in [0, 0.05) is 12.7 Å². The van der Waals surface area contributed by atoms with Gasteiger partial charge in [-0.15, -0.1) is 0 Å². The lowest BCUT2D eigenvalue weighted by Gasteiger charge is -2.02. The van der Waals surface area contributed by atoms with Crippen LogP contribution in [0.5, 0.6) is 11.5 Å². The third kappa shape index (κ3) is 5.42. The molecule has 116 valence electrons. The fourth-order valence-electron chi connectivity index (χ4n) is 1.66. The highest BCUT2D eigenvalue weighted by Crippen LogP contribution is 2.26. The van der Waals surface area contributed by atoms with E-state index in [1.807, 2.05) is 18.2 Å². The first-order valence-electron chi connectivity index (χ1n) is 6.69. The molecule has 0 saturated carbocycles. The van der Waals surface area contributed by atoms with Gasteiger partial charge in [0.1, 0.15) is 6.61 Å². The summed E-state index contributed by atoms with van der Waals surface area (Å²) in [5.74, 6) is 0.647. The van der Waals surface area contributed by atoms with Crippen molar-refractivity contribution in [2.45, 2.75) is 0 Å². The molecule has 1 N–H and O–H groups in total. The Labute approximate surface area is 130 Å². The molecule has 4 heteroatoms. The van der Waals surface area contributed by atoms with E-state index in [9.17, 15) is 9.90 Å². The lowest BCUT2D eigenvalue weighted by molar-refractivity contribution is 0.0848. The predicted molar refractivity (Wildman–Crippen MR) is 87.4 cm³/mol. The molecule has 0 aliphatic heterocycles. The molecule has 0 aromatic heterocycles. The second-order valence-corrected chi connectivity index (χ2v) is 4.36. The van der Waals surface area contributed by atoms with Crippen LogP contribution in [0.4, 0.5) is 0 Å². The number of benzene rings is 2. The Morgan fingerprint density at radius 1 is 1.18 bits per heavy atom. The minimum absolute atomic E-state index is 0.0214. The number of carbonyl (C=O) groups is 1. The van der Waals surface area contributed by atoms with Crippen molar-refractivity contribution in [2.24, 2.45) is 0 Å². The van der Waals surface area contributed by atoms with Crippen LogP contribution in [-0.4, -0.2) is 31.7 Å². The molecule has 0 heterocycles. The van der Waals surface area contributed by atoms with Crippen molar-refractivity contribution in [3.63, 3.8) is 0 Å². The largest absolute Gasteiger partial charge is 0.504 e. The van der Waals surface area contributed by atoms with Gasteiger partial charge in [-0.1, -0.05) is 49.1 Å². The standard InChI is InChI=1S/2C9H10O2/c1-11-7-9(10)8-5-3-2-4-6-8;1-3-7-4-5-8(10)9(6-7)11-2/h2-6H,7H2,1H3;3-6,10H,1H2,2H3. The van der Waals surface area contributed by atoms with E-state index in [0.29, 0.717) is 11.3 Å². The quantitative estimate of drug-likeness (QED) is 0.858. The maximum Gasteiger partial charge on any atom is 0.188 e. The number of aromatic hydroxyl groups is 1. The molecule has 0 fully saturated rings. The van der Waals surface area contributed by atoms with Crippen molar-refractivity contribution in [1.82, 2.24) is 0 Å². The first-order valence-corrected chi connectivity index (χ1v) is 6.69. The van der Waals surface area contributed by atoms with Crippen molar-refractivity contribution in [3.8, 4) is 11.5 Å². The Hall–Kier alpha value is -2.59. The Morgan fingerprint density at radius 2 is 1.86 bits per heavy atom. The number of hydrogen-bond donors (Lipinski definition) is 1. The molecular weight excluding hydrogens is 280 g/mol. The molecule has 22 heavy (non-hydrogen) atoms. The average Bonchev–Trinajstić information content (AvgIpc) is 2.57. The molecule has 0 radical (unpaired) electrons. The highest BCUT2D eigenvalue weighted by Gasteiger charge is 2.02. The summed E-state index contributed by atoms with van der Waals surface area (Å²) in [6.07, 6.45) is 1.70. The van der Waals surface area contributed by atoms with Gasteiger partial charge in [-0.05, 0) is 17.7 Å². The smallest absolute Gasteiger partial charge is 0.188 e. The predicted octanol–water partition coefficient (Wildman–Crippen LogP) is 3.56. The second kappa shape index (κ2) is 9.37. The van der Waals surface area contributed by atoms with E-state index < -0.39 is 0 Å². The van der Waals surface area contributed by atoms with Crippen molar-refractivity contribution in [2.75, 3.05) is 20.8 Å². The van der Waals surface area contributed by atoms with E-state index in [1.165, 1.54) is 14.2 Å². The summed E-state index contributed by atoms with van der Waals surface area (Å²) in [4.78, 5) is 11.1. The number of phenolic OH excluding ortho intramolecular Hbond substituents is 1. The van der Waals surface area contributed by atoms with Gasteiger partial charge in [0.2, 0.25) is 0 Å². The third-order valence-corrected chi connectivity index (χ3v) is 2.81. The van der Waals surface area contributed by atoms with Crippen molar-refractivity contribution in [3.05, 3.63) is 66.2 Å². The number of Topliss-reactive ketones (excluding diaryl/α,β-unsaturated/α-hetero) is 1.